The molecule has 0 aliphatic rings. The van der Waals surface area contributed by atoms with Crippen LogP contribution in [0.4, 0.5) is 0 Å². The maximum Gasteiger partial charge on any atom is 0.124 e. The molecule has 1 aromatic carbocycles. The van der Waals surface area contributed by atoms with E-state index < -0.39 is 0 Å². The van der Waals surface area contributed by atoms with Crippen molar-refractivity contribution in [3.05, 3.63) is 29.8 Å². The summed E-state index contributed by atoms with van der Waals surface area (Å²) in [6, 6.07) is 7.13. The molecule has 0 spiro atoms. The zero-order valence-corrected chi connectivity index (χ0v) is 7.73. The average molecular weight is 181 g/mol. The molecule has 0 saturated carbocycles. The Hall–Kier alpha value is -1.06. The second-order valence-corrected chi connectivity index (χ2v) is 2.76. The lowest BCUT2D eigenvalue weighted by molar-refractivity contribution is 0.261. The SMILES string of the molecule is CCOc1ccccc1[C@H](N)CO. The van der Waals surface area contributed by atoms with Crippen molar-refractivity contribution in [3.63, 3.8) is 0 Å². The third-order valence-electron chi connectivity index (χ3n) is 1.82. The second-order valence-electron chi connectivity index (χ2n) is 2.76. The lowest BCUT2D eigenvalue weighted by atomic mass is 10.1. The second kappa shape index (κ2) is 4.84. The minimum absolute atomic E-state index is 0.0654. The van der Waals surface area contributed by atoms with Crippen molar-refractivity contribution in [2.45, 2.75) is 13.0 Å². The van der Waals surface area contributed by atoms with Crippen LogP contribution < -0.4 is 10.5 Å². The zero-order valence-electron chi connectivity index (χ0n) is 7.73. The molecule has 0 saturated heterocycles. The van der Waals surface area contributed by atoms with Crippen LogP contribution in [0.1, 0.15) is 18.5 Å². The molecule has 1 aromatic rings. The number of para-hydroxylation sites is 1. The van der Waals surface area contributed by atoms with Gasteiger partial charge in [-0.1, -0.05) is 18.2 Å². The molecule has 0 bridgehead atoms. The van der Waals surface area contributed by atoms with Crippen LogP contribution in [-0.2, 0) is 0 Å². The molecular weight excluding hydrogens is 166 g/mol. The Bertz CT molecular complexity index is 263. The molecule has 72 valence electrons. The number of rotatable bonds is 4. The number of benzene rings is 1. The Labute approximate surface area is 78.1 Å². The highest BCUT2D eigenvalue weighted by Crippen LogP contribution is 2.22. The molecule has 13 heavy (non-hydrogen) atoms. The third kappa shape index (κ3) is 2.44. The molecule has 0 aliphatic heterocycles. The summed E-state index contributed by atoms with van der Waals surface area (Å²) in [6.45, 7) is 2.46. The first-order valence-electron chi connectivity index (χ1n) is 4.37. The molecule has 3 N–H and O–H groups in total. The maximum absolute atomic E-state index is 8.90. The quantitative estimate of drug-likeness (QED) is 0.730. The monoisotopic (exact) mass is 181 g/mol. The number of hydrogen-bond donors (Lipinski definition) is 2. The first kappa shape index (κ1) is 10.0. The van der Waals surface area contributed by atoms with E-state index >= 15 is 0 Å². The Kier molecular flexibility index (Phi) is 3.73. The topological polar surface area (TPSA) is 55.5 Å². The van der Waals surface area contributed by atoms with Crippen LogP contribution in [-0.4, -0.2) is 18.3 Å². The van der Waals surface area contributed by atoms with Crippen LogP contribution in [0.3, 0.4) is 0 Å². The molecule has 0 amide bonds. The normalized spacial score (nSPS) is 12.5. The van der Waals surface area contributed by atoms with Gasteiger partial charge in [-0.25, -0.2) is 0 Å². The van der Waals surface area contributed by atoms with Crippen molar-refractivity contribution < 1.29 is 9.84 Å². The van der Waals surface area contributed by atoms with Crippen molar-refractivity contribution >= 4 is 0 Å². The highest BCUT2D eigenvalue weighted by atomic mass is 16.5. The predicted molar refractivity (Wildman–Crippen MR) is 51.6 cm³/mol. The Morgan fingerprint density at radius 3 is 2.77 bits per heavy atom. The summed E-state index contributed by atoms with van der Waals surface area (Å²) in [6.07, 6.45) is 0. The van der Waals surface area contributed by atoms with E-state index in [0.717, 1.165) is 11.3 Å². The standard InChI is InChI=1S/C10H15NO2/c1-2-13-10-6-4-3-5-8(10)9(11)7-12/h3-6,9,12H,2,7,11H2,1H3/t9-/m1/s1. The van der Waals surface area contributed by atoms with Gasteiger partial charge in [0.15, 0.2) is 0 Å². The molecule has 1 atom stereocenters. The summed E-state index contributed by atoms with van der Waals surface area (Å²) in [7, 11) is 0. The third-order valence-corrected chi connectivity index (χ3v) is 1.82. The fraction of sp³-hybridized carbons (Fsp3) is 0.400. The van der Waals surface area contributed by atoms with Gasteiger partial charge in [0.2, 0.25) is 0 Å². The zero-order chi connectivity index (χ0) is 9.68. The average Bonchev–Trinajstić information content (AvgIpc) is 2.18. The minimum Gasteiger partial charge on any atom is -0.494 e. The van der Waals surface area contributed by atoms with Gasteiger partial charge in [-0.2, -0.15) is 0 Å². The molecule has 0 unspecified atom stereocenters. The van der Waals surface area contributed by atoms with E-state index in [2.05, 4.69) is 0 Å². The highest BCUT2D eigenvalue weighted by Gasteiger charge is 2.09. The van der Waals surface area contributed by atoms with Gasteiger partial charge in [0.25, 0.3) is 0 Å². The summed E-state index contributed by atoms with van der Waals surface area (Å²) in [5.74, 6) is 0.756. The fourth-order valence-corrected chi connectivity index (χ4v) is 1.17. The Morgan fingerprint density at radius 1 is 1.46 bits per heavy atom. The molecular formula is C10H15NO2. The van der Waals surface area contributed by atoms with E-state index in [9.17, 15) is 0 Å². The van der Waals surface area contributed by atoms with Crippen molar-refractivity contribution in [3.8, 4) is 5.75 Å². The summed E-state index contributed by atoms with van der Waals surface area (Å²) >= 11 is 0. The van der Waals surface area contributed by atoms with Gasteiger partial charge in [0.05, 0.1) is 19.3 Å². The Balaban J connectivity index is 2.90. The van der Waals surface area contributed by atoms with E-state index in [-0.39, 0.29) is 12.6 Å². The lowest BCUT2D eigenvalue weighted by Gasteiger charge is -2.13. The smallest absolute Gasteiger partial charge is 0.124 e. The van der Waals surface area contributed by atoms with Gasteiger partial charge < -0.3 is 15.6 Å². The molecule has 0 fully saturated rings. The van der Waals surface area contributed by atoms with Gasteiger partial charge >= 0.3 is 0 Å². The van der Waals surface area contributed by atoms with Crippen molar-refractivity contribution in [2.24, 2.45) is 5.73 Å². The van der Waals surface area contributed by atoms with E-state index in [0.29, 0.717) is 6.61 Å². The molecule has 0 aliphatic carbocycles. The lowest BCUT2D eigenvalue weighted by Crippen LogP contribution is -2.15. The van der Waals surface area contributed by atoms with Crippen molar-refractivity contribution in [1.29, 1.82) is 0 Å². The fourth-order valence-electron chi connectivity index (χ4n) is 1.17. The molecule has 0 heterocycles. The molecule has 0 aromatic heterocycles. The van der Waals surface area contributed by atoms with E-state index in [1.165, 1.54) is 0 Å². The summed E-state index contributed by atoms with van der Waals surface area (Å²) in [5.41, 5.74) is 6.55. The maximum atomic E-state index is 8.90. The number of nitrogens with two attached hydrogens (primary N) is 1. The number of ether oxygens (including phenoxy) is 1. The van der Waals surface area contributed by atoms with Crippen LogP contribution in [0.2, 0.25) is 0 Å². The van der Waals surface area contributed by atoms with E-state index in [1.807, 2.05) is 31.2 Å². The van der Waals surface area contributed by atoms with Crippen LogP contribution in [0.25, 0.3) is 0 Å². The van der Waals surface area contributed by atoms with Gasteiger partial charge in [0.1, 0.15) is 5.75 Å². The first-order chi connectivity index (χ1) is 6.29. The van der Waals surface area contributed by atoms with Crippen LogP contribution in [0.5, 0.6) is 5.75 Å². The van der Waals surface area contributed by atoms with Gasteiger partial charge in [-0.15, -0.1) is 0 Å². The molecule has 1 rings (SSSR count). The van der Waals surface area contributed by atoms with Crippen LogP contribution >= 0.6 is 0 Å². The largest absolute Gasteiger partial charge is 0.494 e. The van der Waals surface area contributed by atoms with Gasteiger partial charge in [-0.3, -0.25) is 0 Å². The van der Waals surface area contributed by atoms with Crippen LogP contribution in [0.15, 0.2) is 24.3 Å². The van der Waals surface area contributed by atoms with Crippen molar-refractivity contribution in [2.75, 3.05) is 13.2 Å². The predicted octanol–water partition coefficient (Wildman–Crippen LogP) is 1.08. The van der Waals surface area contributed by atoms with Gasteiger partial charge in [0, 0.05) is 5.56 Å². The minimum atomic E-state index is -0.359. The summed E-state index contributed by atoms with van der Waals surface area (Å²) < 4.78 is 5.37. The highest BCUT2D eigenvalue weighted by molar-refractivity contribution is 5.35. The summed E-state index contributed by atoms with van der Waals surface area (Å²) in [5, 5.41) is 8.90. The molecule has 0 radical (unpaired) electrons. The van der Waals surface area contributed by atoms with Crippen LogP contribution in [0, 0.1) is 0 Å². The first-order valence-corrected chi connectivity index (χ1v) is 4.37. The Morgan fingerprint density at radius 2 is 2.15 bits per heavy atom. The molecule has 3 nitrogen and oxygen atoms in total. The molecule has 3 heteroatoms. The van der Waals surface area contributed by atoms with E-state index in [1.54, 1.807) is 0 Å². The van der Waals surface area contributed by atoms with Crippen molar-refractivity contribution in [1.82, 2.24) is 0 Å². The number of aliphatic hydroxyl groups excluding tert-OH is 1. The number of aliphatic hydroxyl groups is 1. The van der Waals surface area contributed by atoms with E-state index in [4.69, 9.17) is 15.6 Å². The number of hydrogen-bond acceptors (Lipinski definition) is 3. The summed E-state index contributed by atoms with van der Waals surface area (Å²) in [4.78, 5) is 0. The van der Waals surface area contributed by atoms with Gasteiger partial charge in [-0.05, 0) is 13.0 Å².